The Labute approximate surface area is 122 Å². The number of rotatable bonds is 3. The van der Waals surface area contributed by atoms with Gasteiger partial charge in [0, 0.05) is 13.0 Å². The Morgan fingerprint density at radius 2 is 1.77 bits per heavy atom. The minimum Gasteiger partial charge on any atom is -0.273 e. The summed E-state index contributed by atoms with van der Waals surface area (Å²) in [6, 6.07) is 2.54. The number of nitro groups is 2. The molecule has 22 heavy (non-hydrogen) atoms. The first-order valence-electron chi connectivity index (χ1n) is 5.83. The van der Waals surface area contributed by atoms with Gasteiger partial charge in [-0.25, -0.2) is 5.01 Å². The molecule has 0 bridgehead atoms. The summed E-state index contributed by atoms with van der Waals surface area (Å²) in [6.07, 6.45) is -0.617. The first-order chi connectivity index (χ1) is 10.2. The first kappa shape index (κ1) is 15.0. The Balaban J connectivity index is 2.62. The topological polar surface area (TPSA) is 144 Å². The van der Waals surface area contributed by atoms with Crippen molar-refractivity contribution in [2.45, 2.75) is 13.3 Å². The number of imide groups is 1. The predicted molar refractivity (Wildman–Crippen MR) is 69.4 cm³/mol. The normalized spacial score (nSPS) is 14.4. The van der Waals surface area contributed by atoms with E-state index in [2.05, 4.69) is 0 Å². The highest BCUT2D eigenvalue weighted by Crippen LogP contribution is 2.35. The molecule has 2 rings (SSSR count). The van der Waals surface area contributed by atoms with Crippen molar-refractivity contribution in [1.82, 2.24) is 5.01 Å². The maximum absolute atomic E-state index is 11.8. The molecule has 1 heterocycles. The molecule has 0 N–H and O–H groups in total. The summed E-state index contributed by atoms with van der Waals surface area (Å²) >= 11 is 0. The van der Waals surface area contributed by atoms with E-state index in [9.17, 15) is 34.6 Å². The van der Waals surface area contributed by atoms with E-state index in [4.69, 9.17) is 0 Å². The van der Waals surface area contributed by atoms with Gasteiger partial charge in [-0.2, -0.15) is 5.01 Å². The Bertz CT molecular complexity index is 729. The number of amides is 3. The molecule has 1 aromatic carbocycles. The van der Waals surface area contributed by atoms with Crippen LogP contribution in [0.5, 0.6) is 0 Å². The predicted octanol–water partition coefficient (Wildman–Crippen LogP) is 0.530. The molecular weight excluding hydrogens is 300 g/mol. The zero-order chi connectivity index (χ0) is 16.6. The molecule has 1 aromatic rings. The molecule has 1 fully saturated rings. The highest BCUT2D eigenvalue weighted by Gasteiger charge is 2.42. The molecule has 1 saturated heterocycles. The zero-order valence-corrected chi connectivity index (χ0v) is 11.1. The fraction of sp³-hybridized carbons (Fsp3) is 0.182. The third-order valence-corrected chi connectivity index (χ3v) is 2.87. The van der Waals surface area contributed by atoms with Crippen molar-refractivity contribution in [3.05, 3.63) is 38.4 Å². The number of nitrogens with zero attached hydrogens (tertiary/aromatic N) is 4. The van der Waals surface area contributed by atoms with Crippen LogP contribution in [0.4, 0.5) is 17.1 Å². The maximum atomic E-state index is 11.8. The minimum absolute atomic E-state index is 0.387. The van der Waals surface area contributed by atoms with E-state index < -0.39 is 45.4 Å². The lowest BCUT2D eigenvalue weighted by Crippen LogP contribution is -2.44. The van der Waals surface area contributed by atoms with E-state index >= 15 is 0 Å². The number of carbonyl (C=O) groups excluding carboxylic acids is 3. The van der Waals surface area contributed by atoms with Crippen LogP contribution in [0.15, 0.2) is 18.2 Å². The smallest absolute Gasteiger partial charge is 0.273 e. The summed E-state index contributed by atoms with van der Waals surface area (Å²) in [5.74, 6) is -2.47. The quantitative estimate of drug-likeness (QED) is 0.450. The van der Waals surface area contributed by atoms with Crippen molar-refractivity contribution in [2.75, 3.05) is 5.01 Å². The van der Waals surface area contributed by atoms with Crippen LogP contribution in [0.2, 0.25) is 0 Å². The lowest BCUT2D eigenvalue weighted by Gasteiger charge is -2.24. The number of benzene rings is 1. The third-order valence-electron chi connectivity index (χ3n) is 2.87. The second-order valence-electron chi connectivity index (χ2n) is 4.29. The second kappa shape index (κ2) is 5.20. The number of hydrogen-bond donors (Lipinski definition) is 0. The molecule has 11 heteroatoms. The van der Waals surface area contributed by atoms with Gasteiger partial charge >= 0.3 is 5.69 Å². The van der Waals surface area contributed by atoms with Crippen molar-refractivity contribution in [1.29, 1.82) is 0 Å². The van der Waals surface area contributed by atoms with Gasteiger partial charge in [0.2, 0.25) is 5.91 Å². The van der Waals surface area contributed by atoms with Gasteiger partial charge in [0.25, 0.3) is 17.5 Å². The monoisotopic (exact) mass is 308 g/mol. The van der Waals surface area contributed by atoms with Crippen molar-refractivity contribution in [3.8, 4) is 0 Å². The second-order valence-corrected chi connectivity index (χ2v) is 4.29. The Morgan fingerprint density at radius 3 is 2.27 bits per heavy atom. The zero-order valence-electron chi connectivity index (χ0n) is 11.1. The van der Waals surface area contributed by atoms with Crippen LogP contribution in [0.1, 0.15) is 13.3 Å². The number of hydrazine groups is 1. The van der Waals surface area contributed by atoms with Crippen molar-refractivity contribution >= 4 is 34.8 Å². The SMILES string of the molecule is CC(=O)N1C(=O)CC(=O)N1c1ccc([N+](=O)[O-])cc1[N+](=O)[O-]. The lowest BCUT2D eigenvalue weighted by molar-refractivity contribution is -0.393. The first-order valence-corrected chi connectivity index (χ1v) is 5.83. The number of nitro benzene ring substituents is 2. The molecule has 11 nitrogen and oxygen atoms in total. The molecule has 0 aliphatic carbocycles. The summed E-state index contributed by atoms with van der Waals surface area (Å²) in [5.41, 5.74) is -1.70. The van der Waals surface area contributed by atoms with Crippen molar-refractivity contribution < 1.29 is 24.2 Å². The minimum atomic E-state index is -0.934. The number of hydrogen-bond acceptors (Lipinski definition) is 7. The van der Waals surface area contributed by atoms with Gasteiger partial charge in [0.15, 0.2) is 0 Å². The van der Waals surface area contributed by atoms with Crippen LogP contribution >= 0.6 is 0 Å². The van der Waals surface area contributed by atoms with Crippen LogP contribution < -0.4 is 5.01 Å². The highest BCUT2D eigenvalue weighted by atomic mass is 16.6. The van der Waals surface area contributed by atoms with E-state index in [1.165, 1.54) is 0 Å². The summed E-state index contributed by atoms with van der Waals surface area (Å²) in [6.45, 7) is 1.01. The number of carbonyl (C=O) groups is 3. The van der Waals surface area contributed by atoms with Crippen LogP contribution in [0, 0.1) is 20.2 Å². The van der Waals surface area contributed by atoms with E-state index in [-0.39, 0.29) is 5.69 Å². The van der Waals surface area contributed by atoms with E-state index in [0.29, 0.717) is 16.1 Å². The molecule has 0 atom stereocenters. The van der Waals surface area contributed by atoms with Crippen LogP contribution in [0.25, 0.3) is 0 Å². The van der Waals surface area contributed by atoms with Crippen molar-refractivity contribution in [2.24, 2.45) is 0 Å². The molecule has 0 spiro atoms. The highest BCUT2D eigenvalue weighted by molar-refractivity contribution is 6.18. The van der Waals surface area contributed by atoms with Crippen LogP contribution in [-0.2, 0) is 14.4 Å². The van der Waals surface area contributed by atoms with Gasteiger partial charge in [-0.15, -0.1) is 0 Å². The van der Waals surface area contributed by atoms with E-state index in [0.717, 1.165) is 19.1 Å². The fourth-order valence-electron chi connectivity index (χ4n) is 2.01. The van der Waals surface area contributed by atoms with E-state index in [1.807, 2.05) is 0 Å². The standard InChI is InChI=1S/C11H8N4O7/c1-6(16)12-10(17)5-11(18)13(12)8-3-2-7(14(19)20)4-9(8)15(21)22/h2-4H,5H2,1H3. The average molecular weight is 308 g/mol. The number of non-ortho nitro benzene ring substituents is 1. The molecule has 1 aliphatic heterocycles. The summed E-state index contributed by atoms with van der Waals surface area (Å²) in [4.78, 5) is 54.9. The van der Waals surface area contributed by atoms with Gasteiger partial charge in [0.05, 0.1) is 15.9 Å². The molecule has 3 amide bonds. The van der Waals surface area contributed by atoms with Crippen molar-refractivity contribution in [3.63, 3.8) is 0 Å². The molecule has 0 unspecified atom stereocenters. The van der Waals surface area contributed by atoms with Gasteiger partial charge in [-0.05, 0) is 6.07 Å². The van der Waals surface area contributed by atoms with E-state index in [1.54, 1.807) is 0 Å². The Hall–Kier alpha value is -3.37. The average Bonchev–Trinajstić information content (AvgIpc) is 2.72. The molecule has 0 saturated carbocycles. The largest absolute Gasteiger partial charge is 0.301 e. The lowest BCUT2D eigenvalue weighted by atomic mass is 10.2. The van der Waals surface area contributed by atoms with Crippen LogP contribution in [-0.4, -0.2) is 32.6 Å². The third kappa shape index (κ3) is 2.34. The summed E-state index contributed by atoms with van der Waals surface area (Å²) in [5, 5.41) is 22.8. The van der Waals surface area contributed by atoms with Gasteiger partial charge < -0.3 is 0 Å². The van der Waals surface area contributed by atoms with Gasteiger partial charge in [-0.1, -0.05) is 0 Å². The fourth-order valence-corrected chi connectivity index (χ4v) is 2.01. The molecule has 114 valence electrons. The number of anilines is 1. The maximum Gasteiger partial charge on any atom is 0.301 e. The molecular formula is C11H8N4O7. The summed E-state index contributed by atoms with van der Waals surface area (Å²) in [7, 11) is 0. The van der Waals surface area contributed by atoms with Gasteiger partial charge in [-0.3, -0.25) is 34.6 Å². The Kier molecular flexibility index (Phi) is 3.55. The molecule has 0 radical (unpaired) electrons. The molecule has 0 aromatic heterocycles. The Morgan fingerprint density at radius 1 is 1.14 bits per heavy atom. The van der Waals surface area contributed by atoms with Crippen LogP contribution in [0.3, 0.4) is 0 Å². The van der Waals surface area contributed by atoms with Gasteiger partial charge in [0.1, 0.15) is 12.1 Å². The molecule has 1 aliphatic rings. The summed E-state index contributed by atoms with van der Waals surface area (Å²) < 4.78 is 0.